The van der Waals surface area contributed by atoms with Gasteiger partial charge in [-0.1, -0.05) is 60.3 Å². The molecule has 3 heterocycles. The Kier molecular flexibility index (Phi) is 8.61. The summed E-state index contributed by atoms with van der Waals surface area (Å²) in [5, 5.41) is 5.57. The van der Waals surface area contributed by atoms with Crippen molar-refractivity contribution in [3.05, 3.63) is 118 Å². The summed E-state index contributed by atoms with van der Waals surface area (Å²) in [5.41, 5.74) is 4.44. The standard InChI is InChI=1S/C31H30N4O4S/c1-3-38-30(37)28-21(2)34-31-35(25(20-40-31)17-27(36)33-18-24-13-7-8-15-32-24)29(28)23-12-9-14-26(16-23)39-19-22-10-5-4-6-11-22/h4-16,20,29H,3,17-19H2,1-2H3,(H,33,36)/t29-/m1/s1. The van der Waals surface area contributed by atoms with E-state index in [-0.39, 0.29) is 18.9 Å². The molecule has 2 aliphatic heterocycles. The summed E-state index contributed by atoms with van der Waals surface area (Å²) in [7, 11) is 0. The summed E-state index contributed by atoms with van der Waals surface area (Å²) in [6, 6.07) is 22.7. The molecule has 0 radical (unpaired) electrons. The van der Waals surface area contributed by atoms with E-state index in [2.05, 4.69) is 10.3 Å². The number of amides is 1. The summed E-state index contributed by atoms with van der Waals surface area (Å²) >= 11 is 1.44. The molecule has 8 nitrogen and oxygen atoms in total. The van der Waals surface area contributed by atoms with E-state index in [0.717, 1.165) is 22.5 Å². The van der Waals surface area contributed by atoms with Crippen LogP contribution in [0.15, 0.2) is 106 Å². The number of allylic oxidation sites excluding steroid dienone is 1. The molecule has 0 saturated heterocycles. The van der Waals surface area contributed by atoms with Gasteiger partial charge in [0.25, 0.3) is 0 Å². The van der Waals surface area contributed by atoms with Crippen molar-refractivity contribution in [1.82, 2.24) is 15.2 Å². The van der Waals surface area contributed by atoms with Crippen molar-refractivity contribution in [1.29, 1.82) is 0 Å². The van der Waals surface area contributed by atoms with E-state index < -0.39 is 12.0 Å². The molecule has 0 spiro atoms. The first-order valence-corrected chi connectivity index (χ1v) is 14.0. The molecule has 9 heteroatoms. The molecule has 3 aromatic rings. The number of hydrogen-bond acceptors (Lipinski definition) is 8. The van der Waals surface area contributed by atoms with Gasteiger partial charge < -0.3 is 19.7 Å². The number of esters is 1. The topological polar surface area (TPSA) is 93.1 Å². The van der Waals surface area contributed by atoms with Gasteiger partial charge in [0, 0.05) is 11.9 Å². The second-order valence-corrected chi connectivity index (χ2v) is 10.1. The lowest BCUT2D eigenvalue weighted by Gasteiger charge is -2.36. The second-order valence-electron chi connectivity index (χ2n) is 9.23. The molecule has 0 saturated carbocycles. The van der Waals surface area contributed by atoms with Gasteiger partial charge in [0.2, 0.25) is 5.91 Å². The number of nitrogens with zero attached hydrogens (tertiary/aromatic N) is 3. The molecule has 1 aromatic heterocycles. The average molecular weight is 555 g/mol. The number of amidine groups is 1. The van der Waals surface area contributed by atoms with Crippen molar-refractivity contribution < 1.29 is 19.1 Å². The fourth-order valence-corrected chi connectivity index (χ4v) is 5.55. The highest BCUT2D eigenvalue weighted by atomic mass is 32.2. The number of nitrogens with one attached hydrogen (secondary N) is 1. The third kappa shape index (κ3) is 6.26. The summed E-state index contributed by atoms with van der Waals surface area (Å²) < 4.78 is 11.6. The highest BCUT2D eigenvalue weighted by molar-refractivity contribution is 8.16. The normalized spacial score (nSPS) is 16.1. The fourth-order valence-electron chi connectivity index (χ4n) is 4.59. The van der Waals surface area contributed by atoms with Crippen LogP contribution in [0.4, 0.5) is 0 Å². The Bertz CT molecular complexity index is 1470. The number of aliphatic imine (C=N–C) groups is 1. The van der Waals surface area contributed by atoms with E-state index >= 15 is 0 Å². The quantitative estimate of drug-likeness (QED) is 0.331. The first kappa shape index (κ1) is 27.2. The van der Waals surface area contributed by atoms with E-state index in [1.54, 1.807) is 13.1 Å². The predicted molar refractivity (Wildman–Crippen MR) is 155 cm³/mol. The minimum atomic E-state index is -0.531. The van der Waals surface area contributed by atoms with Crippen LogP contribution in [-0.2, 0) is 27.5 Å². The van der Waals surface area contributed by atoms with Crippen LogP contribution >= 0.6 is 11.8 Å². The van der Waals surface area contributed by atoms with E-state index in [1.165, 1.54) is 11.8 Å². The molecule has 0 unspecified atom stereocenters. The van der Waals surface area contributed by atoms with Crippen LogP contribution in [0.2, 0.25) is 0 Å². The zero-order valence-electron chi connectivity index (χ0n) is 22.4. The Morgan fingerprint density at radius 2 is 1.88 bits per heavy atom. The van der Waals surface area contributed by atoms with Gasteiger partial charge in [-0.2, -0.15) is 0 Å². The number of carbonyl (C=O) groups excluding carboxylic acids is 2. The largest absolute Gasteiger partial charge is 0.489 e. The number of carbonyl (C=O) groups is 2. The van der Waals surface area contributed by atoms with Crippen LogP contribution in [0.3, 0.4) is 0 Å². The molecule has 1 atom stereocenters. The van der Waals surface area contributed by atoms with Crippen molar-refractivity contribution >= 4 is 28.8 Å². The number of pyridine rings is 1. The number of ether oxygens (including phenoxy) is 2. The highest BCUT2D eigenvalue weighted by Gasteiger charge is 2.41. The van der Waals surface area contributed by atoms with E-state index in [1.807, 2.05) is 90.0 Å². The zero-order valence-corrected chi connectivity index (χ0v) is 23.2. The highest BCUT2D eigenvalue weighted by Crippen LogP contribution is 2.45. The number of fused-ring (bicyclic) bond motifs is 1. The van der Waals surface area contributed by atoms with Gasteiger partial charge in [-0.15, -0.1) is 0 Å². The second kappa shape index (κ2) is 12.7. The molecule has 5 rings (SSSR count). The van der Waals surface area contributed by atoms with Crippen LogP contribution in [0.1, 0.15) is 43.1 Å². The Balaban J connectivity index is 1.41. The maximum Gasteiger partial charge on any atom is 0.338 e. The van der Waals surface area contributed by atoms with Gasteiger partial charge in [0.15, 0.2) is 5.17 Å². The molecular formula is C31H30N4O4S. The molecule has 204 valence electrons. The first-order valence-electron chi connectivity index (χ1n) is 13.1. The Hall–Kier alpha value is -4.37. The molecule has 1 N–H and O–H groups in total. The molecular weight excluding hydrogens is 524 g/mol. The van der Waals surface area contributed by atoms with Crippen LogP contribution in [-0.4, -0.2) is 33.5 Å². The number of hydrogen-bond donors (Lipinski definition) is 1. The van der Waals surface area contributed by atoms with E-state index in [4.69, 9.17) is 14.5 Å². The maximum absolute atomic E-state index is 13.2. The molecule has 40 heavy (non-hydrogen) atoms. The average Bonchev–Trinajstić information content (AvgIpc) is 3.37. The minimum absolute atomic E-state index is 0.120. The van der Waals surface area contributed by atoms with Crippen LogP contribution in [0.25, 0.3) is 0 Å². The summed E-state index contributed by atoms with van der Waals surface area (Å²) in [6.45, 7) is 4.59. The van der Waals surface area contributed by atoms with Gasteiger partial charge in [-0.3, -0.25) is 9.78 Å². The van der Waals surface area contributed by atoms with Crippen molar-refractivity contribution in [2.24, 2.45) is 4.99 Å². The molecule has 0 aliphatic carbocycles. The molecule has 2 aromatic carbocycles. The van der Waals surface area contributed by atoms with Crippen molar-refractivity contribution in [3.8, 4) is 5.75 Å². The van der Waals surface area contributed by atoms with Crippen molar-refractivity contribution in [2.75, 3.05) is 6.61 Å². The van der Waals surface area contributed by atoms with E-state index in [9.17, 15) is 9.59 Å². The Morgan fingerprint density at radius 1 is 1.05 bits per heavy atom. The molecule has 0 bridgehead atoms. The zero-order chi connectivity index (χ0) is 27.9. The Labute approximate surface area is 237 Å². The molecule has 0 fully saturated rings. The number of rotatable bonds is 10. The van der Waals surface area contributed by atoms with Gasteiger partial charge in [-0.05, 0) is 54.6 Å². The lowest BCUT2D eigenvalue weighted by atomic mass is 9.93. The summed E-state index contributed by atoms with van der Waals surface area (Å²) in [6.07, 6.45) is 1.82. The fraction of sp³-hybridized carbons (Fsp3) is 0.226. The number of thioether (sulfide) groups is 1. The van der Waals surface area contributed by atoms with Gasteiger partial charge in [-0.25, -0.2) is 9.79 Å². The lowest BCUT2D eigenvalue weighted by molar-refractivity contribution is -0.139. The SMILES string of the molecule is CCOC(=O)C1=C(C)N=C2SC=C(CC(=O)NCc3ccccn3)N2[C@@H]1c1cccc(OCc2ccccc2)c1. The first-order chi connectivity index (χ1) is 19.5. The lowest BCUT2D eigenvalue weighted by Crippen LogP contribution is -2.38. The summed E-state index contributed by atoms with van der Waals surface area (Å²) in [5.74, 6) is 0.0948. The third-order valence-corrected chi connectivity index (χ3v) is 7.34. The van der Waals surface area contributed by atoms with Gasteiger partial charge >= 0.3 is 5.97 Å². The van der Waals surface area contributed by atoms with Crippen LogP contribution < -0.4 is 10.1 Å². The monoisotopic (exact) mass is 554 g/mol. The smallest absolute Gasteiger partial charge is 0.338 e. The Morgan fingerprint density at radius 3 is 2.65 bits per heavy atom. The summed E-state index contributed by atoms with van der Waals surface area (Å²) in [4.78, 5) is 37.1. The van der Waals surface area contributed by atoms with Gasteiger partial charge in [0.1, 0.15) is 12.4 Å². The van der Waals surface area contributed by atoms with Crippen LogP contribution in [0, 0.1) is 0 Å². The number of aromatic nitrogens is 1. The molecule has 2 aliphatic rings. The van der Waals surface area contributed by atoms with Crippen LogP contribution in [0.5, 0.6) is 5.75 Å². The predicted octanol–water partition coefficient (Wildman–Crippen LogP) is 5.51. The van der Waals surface area contributed by atoms with E-state index in [0.29, 0.717) is 35.3 Å². The third-order valence-electron chi connectivity index (χ3n) is 6.45. The van der Waals surface area contributed by atoms with Gasteiger partial charge in [0.05, 0.1) is 42.6 Å². The maximum atomic E-state index is 13.2. The van der Waals surface area contributed by atoms with Crippen molar-refractivity contribution in [3.63, 3.8) is 0 Å². The van der Waals surface area contributed by atoms with Crippen molar-refractivity contribution in [2.45, 2.75) is 39.5 Å². The molecule has 1 amide bonds. The minimum Gasteiger partial charge on any atom is -0.489 e. The number of benzene rings is 2.